The van der Waals surface area contributed by atoms with Crippen LogP contribution in [0, 0.1) is 5.92 Å². The normalized spacial score (nSPS) is 22.6. The van der Waals surface area contributed by atoms with Crippen molar-refractivity contribution < 1.29 is 9.59 Å². The van der Waals surface area contributed by atoms with E-state index in [1.807, 2.05) is 66.4 Å². The summed E-state index contributed by atoms with van der Waals surface area (Å²) in [4.78, 5) is 33.6. The van der Waals surface area contributed by atoms with Gasteiger partial charge in [0.15, 0.2) is 0 Å². The summed E-state index contributed by atoms with van der Waals surface area (Å²) in [5.74, 6) is -0.279. The van der Waals surface area contributed by atoms with E-state index in [4.69, 9.17) is 0 Å². The minimum atomic E-state index is -0.306. The lowest BCUT2D eigenvalue weighted by atomic mass is 9.91. The average Bonchev–Trinajstić information content (AvgIpc) is 3.40. The van der Waals surface area contributed by atoms with Crippen molar-refractivity contribution in [1.29, 1.82) is 0 Å². The fourth-order valence-electron chi connectivity index (χ4n) is 4.77. The predicted octanol–water partition coefficient (Wildman–Crippen LogP) is 1.97. The summed E-state index contributed by atoms with van der Waals surface area (Å²) in [6, 6.07) is 18.2. The number of nitrogens with zero attached hydrogens (tertiary/aromatic N) is 4. The van der Waals surface area contributed by atoms with Crippen LogP contribution >= 0.6 is 0 Å². The lowest BCUT2D eigenvalue weighted by Crippen LogP contribution is -2.58. The van der Waals surface area contributed by atoms with Crippen LogP contribution < -0.4 is 20.4 Å². The van der Waals surface area contributed by atoms with E-state index in [2.05, 4.69) is 38.8 Å². The first-order valence-corrected chi connectivity index (χ1v) is 11.4. The number of carbonyl (C=O) groups is 2. The van der Waals surface area contributed by atoms with Gasteiger partial charge in [-0.25, -0.2) is 4.79 Å². The number of hydrogen-bond donors (Lipinski definition) is 2. The molecule has 2 unspecified atom stereocenters. The summed E-state index contributed by atoms with van der Waals surface area (Å²) in [7, 11) is 4.03. The summed E-state index contributed by atoms with van der Waals surface area (Å²) in [6.07, 6.45) is 1.95. The van der Waals surface area contributed by atoms with Crippen LogP contribution in [-0.2, 0) is 4.79 Å². The van der Waals surface area contributed by atoms with E-state index >= 15 is 0 Å². The van der Waals surface area contributed by atoms with Crippen molar-refractivity contribution >= 4 is 28.9 Å². The number of amides is 3. The molecule has 0 saturated carbocycles. The summed E-state index contributed by atoms with van der Waals surface area (Å²) in [5.41, 5.74) is 3.89. The largest absolute Gasteiger partial charge is 0.343 e. The zero-order valence-corrected chi connectivity index (χ0v) is 19.1. The monoisotopic (exact) mass is 446 g/mol. The highest BCUT2D eigenvalue weighted by Crippen LogP contribution is 2.39. The molecular weight excluding hydrogens is 416 g/mol. The molecule has 2 saturated heterocycles. The highest BCUT2D eigenvalue weighted by atomic mass is 16.2. The number of nitrogens with one attached hydrogen (secondary N) is 2. The van der Waals surface area contributed by atoms with Crippen LogP contribution in [0.4, 0.5) is 16.2 Å². The Morgan fingerprint density at radius 1 is 0.970 bits per heavy atom. The molecule has 3 aliphatic rings. The second-order valence-corrected chi connectivity index (χ2v) is 8.94. The Balaban J connectivity index is 1.38. The number of urea groups is 1. The molecule has 0 radical (unpaired) electrons. The summed E-state index contributed by atoms with van der Waals surface area (Å²) in [5, 5.41) is 6.36. The van der Waals surface area contributed by atoms with E-state index in [-0.39, 0.29) is 24.0 Å². The fraction of sp³-hybridized carbons (Fsp3) is 0.360. The summed E-state index contributed by atoms with van der Waals surface area (Å²) >= 11 is 0. The Labute approximate surface area is 194 Å². The predicted molar refractivity (Wildman–Crippen MR) is 130 cm³/mol. The first kappa shape index (κ1) is 21.5. The molecule has 5 rings (SSSR count). The van der Waals surface area contributed by atoms with Crippen molar-refractivity contribution in [1.82, 2.24) is 20.4 Å². The molecular formula is C25H30N6O2. The van der Waals surface area contributed by atoms with Crippen LogP contribution in [0.15, 0.2) is 60.8 Å². The number of fused-ring (bicyclic) bond motifs is 1. The van der Waals surface area contributed by atoms with E-state index in [0.717, 1.165) is 42.1 Å². The molecule has 0 aromatic heterocycles. The number of benzene rings is 2. The number of rotatable bonds is 6. The number of para-hydroxylation sites is 1. The first-order valence-electron chi connectivity index (χ1n) is 11.4. The third kappa shape index (κ3) is 4.07. The lowest BCUT2D eigenvalue weighted by Gasteiger charge is -2.34. The number of anilines is 2. The highest BCUT2D eigenvalue weighted by Gasteiger charge is 2.43. The highest BCUT2D eigenvalue weighted by molar-refractivity contribution is 5.97. The molecule has 0 aliphatic carbocycles. The topological polar surface area (TPSA) is 71.2 Å². The Morgan fingerprint density at radius 3 is 2.45 bits per heavy atom. The van der Waals surface area contributed by atoms with Gasteiger partial charge in [-0.3, -0.25) is 15.0 Å². The quantitative estimate of drug-likeness (QED) is 0.710. The molecule has 2 N–H and O–H groups in total. The van der Waals surface area contributed by atoms with E-state index in [9.17, 15) is 9.59 Å². The molecule has 3 amide bonds. The number of hydrogen-bond acceptors (Lipinski definition) is 5. The lowest BCUT2D eigenvalue weighted by molar-refractivity contribution is -0.125. The van der Waals surface area contributed by atoms with E-state index in [1.165, 1.54) is 0 Å². The van der Waals surface area contributed by atoms with Crippen LogP contribution in [0.1, 0.15) is 5.56 Å². The third-order valence-electron chi connectivity index (χ3n) is 6.56. The minimum Gasteiger partial charge on any atom is -0.343 e. The maximum absolute atomic E-state index is 12.8. The van der Waals surface area contributed by atoms with Gasteiger partial charge in [-0.15, -0.1) is 0 Å². The van der Waals surface area contributed by atoms with Crippen LogP contribution in [0.5, 0.6) is 0 Å². The van der Waals surface area contributed by atoms with Crippen LogP contribution in [-0.4, -0.2) is 74.8 Å². The summed E-state index contributed by atoms with van der Waals surface area (Å²) < 4.78 is 0. The van der Waals surface area contributed by atoms with Crippen LogP contribution in [0.3, 0.4) is 0 Å². The molecule has 2 aromatic rings. The van der Waals surface area contributed by atoms with E-state index in [0.29, 0.717) is 13.2 Å². The Hall–Kier alpha value is -3.36. The van der Waals surface area contributed by atoms with Gasteiger partial charge >= 0.3 is 6.03 Å². The van der Waals surface area contributed by atoms with Gasteiger partial charge in [0.2, 0.25) is 5.91 Å². The zero-order chi connectivity index (χ0) is 22.9. The molecule has 172 valence electrons. The van der Waals surface area contributed by atoms with E-state index < -0.39 is 0 Å². The Kier molecular flexibility index (Phi) is 5.78. The Morgan fingerprint density at radius 2 is 1.73 bits per heavy atom. The van der Waals surface area contributed by atoms with Gasteiger partial charge in [0.25, 0.3) is 0 Å². The molecule has 2 aromatic carbocycles. The number of carbonyl (C=O) groups excluding carboxylic acids is 2. The van der Waals surface area contributed by atoms with Crippen molar-refractivity contribution in [3.8, 4) is 0 Å². The van der Waals surface area contributed by atoms with Gasteiger partial charge in [-0.1, -0.05) is 30.3 Å². The summed E-state index contributed by atoms with van der Waals surface area (Å²) in [6.45, 7) is 3.45. The second kappa shape index (κ2) is 8.88. The fourth-order valence-corrected chi connectivity index (χ4v) is 4.77. The van der Waals surface area contributed by atoms with E-state index in [1.54, 1.807) is 0 Å². The van der Waals surface area contributed by atoms with Gasteiger partial charge in [0, 0.05) is 43.8 Å². The van der Waals surface area contributed by atoms with Gasteiger partial charge in [0.1, 0.15) is 6.17 Å². The van der Waals surface area contributed by atoms with Crippen LogP contribution in [0.2, 0.25) is 0 Å². The first-order chi connectivity index (χ1) is 16.0. The molecule has 8 nitrogen and oxygen atoms in total. The van der Waals surface area contributed by atoms with Crippen molar-refractivity contribution in [3.05, 3.63) is 66.4 Å². The maximum atomic E-state index is 12.8. The molecule has 33 heavy (non-hydrogen) atoms. The van der Waals surface area contributed by atoms with Crippen LogP contribution in [0.25, 0.3) is 5.57 Å². The van der Waals surface area contributed by atoms with Crippen molar-refractivity contribution in [2.45, 2.75) is 6.17 Å². The van der Waals surface area contributed by atoms with Crippen molar-refractivity contribution in [2.75, 3.05) is 56.7 Å². The Bertz CT molecular complexity index is 1050. The molecule has 8 heteroatoms. The van der Waals surface area contributed by atoms with Gasteiger partial charge in [0.05, 0.1) is 12.6 Å². The standard InChI is InChI=1S/C25H30N6O2/c1-28(2)12-13-29-14-15-30(25(29)33)20-10-8-18(9-11-20)21-16-31(19-6-4-3-5-7-19)23-22(21)24(32)27-17-26-23/h3-11,16,22-23,26H,12-15,17H2,1-2H3,(H,27,32). The van der Waals surface area contributed by atoms with Crippen molar-refractivity contribution in [2.24, 2.45) is 5.92 Å². The zero-order valence-electron chi connectivity index (χ0n) is 19.1. The third-order valence-corrected chi connectivity index (χ3v) is 6.56. The molecule has 2 atom stereocenters. The SMILES string of the molecule is CN(C)CCN1CCN(c2ccc(C3=CN(c4ccccc4)C4NCNC(=O)C34)cc2)C1=O. The molecule has 0 bridgehead atoms. The average molecular weight is 447 g/mol. The van der Waals surface area contributed by atoms with Gasteiger partial charge in [-0.2, -0.15) is 0 Å². The van der Waals surface area contributed by atoms with Gasteiger partial charge in [-0.05, 0) is 49.5 Å². The van der Waals surface area contributed by atoms with Crippen molar-refractivity contribution in [3.63, 3.8) is 0 Å². The maximum Gasteiger partial charge on any atom is 0.324 e. The van der Waals surface area contributed by atoms with Gasteiger partial charge < -0.3 is 20.0 Å². The molecule has 3 heterocycles. The minimum absolute atomic E-state index is 0.0266. The number of likely N-dealkylation sites (N-methyl/N-ethyl adjacent to an activating group) is 1. The molecule has 0 spiro atoms. The smallest absolute Gasteiger partial charge is 0.324 e. The second-order valence-electron chi connectivity index (χ2n) is 8.94. The molecule has 3 aliphatic heterocycles. The molecule has 2 fully saturated rings.